The summed E-state index contributed by atoms with van der Waals surface area (Å²) in [5, 5.41) is 3.62. The van der Waals surface area contributed by atoms with E-state index in [1.807, 2.05) is 0 Å². The summed E-state index contributed by atoms with van der Waals surface area (Å²) >= 11 is 0. The maximum Gasteiger partial charge on any atom is 0.00694 e. The lowest BCUT2D eigenvalue weighted by molar-refractivity contribution is 0.422. The second-order valence-corrected chi connectivity index (χ2v) is 4.01. The lowest BCUT2D eigenvalue weighted by atomic mass is 10.1. The van der Waals surface area contributed by atoms with Crippen molar-refractivity contribution in [2.24, 2.45) is 0 Å². The first-order valence-corrected chi connectivity index (χ1v) is 5.05. The van der Waals surface area contributed by atoms with Crippen molar-refractivity contribution in [3.05, 3.63) is 0 Å². The lowest BCUT2D eigenvalue weighted by Crippen LogP contribution is -2.34. The van der Waals surface area contributed by atoms with E-state index < -0.39 is 0 Å². The van der Waals surface area contributed by atoms with Crippen molar-refractivity contribution >= 4 is 12.4 Å². The molecule has 1 rings (SSSR count). The maximum absolute atomic E-state index is 3.62. The van der Waals surface area contributed by atoms with Crippen LogP contribution in [0.1, 0.15) is 52.4 Å². The largest absolute Gasteiger partial charge is 0.312 e. The molecule has 0 aromatic rings. The van der Waals surface area contributed by atoms with Gasteiger partial charge in [0.1, 0.15) is 0 Å². The minimum atomic E-state index is 0. The van der Waals surface area contributed by atoms with Crippen molar-refractivity contribution in [3.8, 4) is 0 Å². The average molecular weight is 192 g/mol. The standard InChI is InChI=1S/C10H21N.ClH/c1-9(2)11-10-7-5-3-4-6-8-10;/h9-11H,3-8H2,1-2H3;1H. The first kappa shape index (κ1) is 12.2. The fourth-order valence-electron chi connectivity index (χ4n) is 1.92. The van der Waals surface area contributed by atoms with Gasteiger partial charge in [-0.2, -0.15) is 0 Å². The summed E-state index contributed by atoms with van der Waals surface area (Å²) in [6, 6.07) is 1.48. The highest BCUT2D eigenvalue weighted by Gasteiger charge is 2.11. The Kier molecular flexibility index (Phi) is 6.87. The van der Waals surface area contributed by atoms with E-state index in [9.17, 15) is 0 Å². The molecule has 1 aliphatic rings. The Labute approximate surface area is 82.7 Å². The van der Waals surface area contributed by atoms with Gasteiger partial charge in [-0.3, -0.25) is 0 Å². The van der Waals surface area contributed by atoms with Gasteiger partial charge in [-0.15, -0.1) is 12.4 Å². The number of hydrogen-bond donors (Lipinski definition) is 1. The highest BCUT2D eigenvalue weighted by molar-refractivity contribution is 5.85. The predicted octanol–water partition coefficient (Wildman–Crippen LogP) is 3.13. The monoisotopic (exact) mass is 191 g/mol. The van der Waals surface area contributed by atoms with Gasteiger partial charge in [0, 0.05) is 12.1 Å². The van der Waals surface area contributed by atoms with Crippen molar-refractivity contribution in [2.75, 3.05) is 0 Å². The van der Waals surface area contributed by atoms with Crippen LogP contribution in [0.4, 0.5) is 0 Å². The molecular formula is C10H22ClN. The Morgan fingerprint density at radius 2 is 1.50 bits per heavy atom. The molecule has 2 heteroatoms. The molecular weight excluding hydrogens is 170 g/mol. The maximum atomic E-state index is 3.62. The summed E-state index contributed by atoms with van der Waals surface area (Å²) in [6.07, 6.45) is 8.58. The van der Waals surface area contributed by atoms with Crippen LogP contribution in [0.25, 0.3) is 0 Å². The molecule has 0 radical (unpaired) electrons. The number of hydrogen-bond acceptors (Lipinski definition) is 1. The predicted molar refractivity (Wildman–Crippen MR) is 57.0 cm³/mol. The number of nitrogens with one attached hydrogen (secondary N) is 1. The van der Waals surface area contributed by atoms with Crippen LogP contribution in [0.2, 0.25) is 0 Å². The Morgan fingerprint density at radius 1 is 1.00 bits per heavy atom. The van der Waals surface area contributed by atoms with E-state index >= 15 is 0 Å². The summed E-state index contributed by atoms with van der Waals surface area (Å²) in [7, 11) is 0. The van der Waals surface area contributed by atoms with Gasteiger partial charge in [0.05, 0.1) is 0 Å². The summed E-state index contributed by atoms with van der Waals surface area (Å²) in [5.41, 5.74) is 0. The molecule has 1 aliphatic carbocycles. The third-order valence-electron chi connectivity index (χ3n) is 2.42. The molecule has 0 aromatic carbocycles. The van der Waals surface area contributed by atoms with E-state index in [1.165, 1.54) is 38.5 Å². The van der Waals surface area contributed by atoms with Gasteiger partial charge >= 0.3 is 0 Å². The van der Waals surface area contributed by atoms with Crippen LogP contribution >= 0.6 is 12.4 Å². The second-order valence-electron chi connectivity index (χ2n) is 4.01. The zero-order valence-electron chi connectivity index (χ0n) is 8.31. The molecule has 0 amide bonds. The third kappa shape index (κ3) is 5.00. The van der Waals surface area contributed by atoms with Crippen molar-refractivity contribution in [2.45, 2.75) is 64.5 Å². The van der Waals surface area contributed by atoms with Crippen LogP contribution in [0, 0.1) is 0 Å². The van der Waals surface area contributed by atoms with Gasteiger partial charge in [-0.05, 0) is 12.8 Å². The quantitative estimate of drug-likeness (QED) is 0.662. The normalized spacial score (nSPS) is 20.2. The molecule has 1 nitrogen and oxygen atoms in total. The van der Waals surface area contributed by atoms with E-state index in [0.717, 1.165) is 6.04 Å². The summed E-state index contributed by atoms with van der Waals surface area (Å²) in [5.74, 6) is 0. The van der Waals surface area contributed by atoms with Crippen LogP contribution in [-0.2, 0) is 0 Å². The summed E-state index contributed by atoms with van der Waals surface area (Å²) in [4.78, 5) is 0. The van der Waals surface area contributed by atoms with E-state index in [-0.39, 0.29) is 12.4 Å². The molecule has 1 N–H and O–H groups in total. The number of rotatable bonds is 2. The molecule has 1 fully saturated rings. The fraction of sp³-hybridized carbons (Fsp3) is 1.00. The molecule has 1 saturated carbocycles. The van der Waals surface area contributed by atoms with E-state index in [1.54, 1.807) is 0 Å². The minimum absolute atomic E-state index is 0. The van der Waals surface area contributed by atoms with Gasteiger partial charge in [0.2, 0.25) is 0 Å². The molecule has 0 aliphatic heterocycles. The lowest BCUT2D eigenvalue weighted by Gasteiger charge is -2.18. The molecule has 0 aromatic heterocycles. The first-order valence-electron chi connectivity index (χ1n) is 5.05. The van der Waals surface area contributed by atoms with Gasteiger partial charge in [0.15, 0.2) is 0 Å². The van der Waals surface area contributed by atoms with E-state index in [2.05, 4.69) is 19.2 Å². The Morgan fingerprint density at radius 3 is 1.92 bits per heavy atom. The molecule has 0 saturated heterocycles. The second kappa shape index (κ2) is 6.73. The molecule has 0 spiro atoms. The van der Waals surface area contributed by atoms with Crippen LogP contribution in [0.15, 0.2) is 0 Å². The van der Waals surface area contributed by atoms with Crippen LogP contribution in [-0.4, -0.2) is 12.1 Å². The zero-order chi connectivity index (χ0) is 8.10. The van der Waals surface area contributed by atoms with Crippen molar-refractivity contribution in [3.63, 3.8) is 0 Å². The van der Waals surface area contributed by atoms with Gasteiger partial charge < -0.3 is 5.32 Å². The molecule has 0 atom stereocenters. The minimum Gasteiger partial charge on any atom is -0.312 e. The third-order valence-corrected chi connectivity index (χ3v) is 2.42. The van der Waals surface area contributed by atoms with E-state index in [0.29, 0.717) is 6.04 Å². The first-order chi connectivity index (χ1) is 5.29. The highest BCUT2D eigenvalue weighted by Crippen LogP contribution is 2.17. The van der Waals surface area contributed by atoms with E-state index in [4.69, 9.17) is 0 Å². The van der Waals surface area contributed by atoms with Gasteiger partial charge in [0.25, 0.3) is 0 Å². The Hall–Kier alpha value is 0.250. The fourth-order valence-corrected chi connectivity index (χ4v) is 1.92. The molecule has 0 bridgehead atoms. The van der Waals surface area contributed by atoms with Crippen molar-refractivity contribution in [1.82, 2.24) is 5.32 Å². The molecule has 0 heterocycles. The average Bonchev–Trinajstić information content (AvgIpc) is 2.14. The molecule has 12 heavy (non-hydrogen) atoms. The topological polar surface area (TPSA) is 12.0 Å². The Bertz CT molecular complexity index is 96.0. The van der Waals surface area contributed by atoms with Crippen molar-refractivity contribution < 1.29 is 0 Å². The Balaban J connectivity index is 0.00000121. The zero-order valence-corrected chi connectivity index (χ0v) is 9.12. The summed E-state index contributed by atoms with van der Waals surface area (Å²) in [6.45, 7) is 4.48. The molecule has 0 unspecified atom stereocenters. The van der Waals surface area contributed by atoms with Crippen LogP contribution < -0.4 is 5.32 Å². The van der Waals surface area contributed by atoms with Gasteiger partial charge in [-0.25, -0.2) is 0 Å². The van der Waals surface area contributed by atoms with Crippen LogP contribution in [0.5, 0.6) is 0 Å². The summed E-state index contributed by atoms with van der Waals surface area (Å²) < 4.78 is 0. The number of halogens is 1. The SMILES string of the molecule is CC(C)NC1CCCCCC1.Cl. The van der Waals surface area contributed by atoms with Crippen LogP contribution in [0.3, 0.4) is 0 Å². The van der Waals surface area contributed by atoms with Gasteiger partial charge in [-0.1, -0.05) is 39.5 Å². The highest BCUT2D eigenvalue weighted by atomic mass is 35.5. The van der Waals surface area contributed by atoms with Crippen molar-refractivity contribution in [1.29, 1.82) is 0 Å². The molecule has 74 valence electrons. The smallest absolute Gasteiger partial charge is 0.00694 e.